The molecule has 0 radical (unpaired) electrons. The number of nitrogens with zero attached hydrogens (tertiary/aromatic N) is 3. The number of benzene rings is 3. The summed E-state index contributed by atoms with van der Waals surface area (Å²) in [6, 6.07) is 23.4. The van der Waals surface area contributed by atoms with Gasteiger partial charge in [-0.25, -0.2) is 18.4 Å². The molecule has 0 aliphatic carbocycles. The second kappa shape index (κ2) is 9.98. The van der Waals surface area contributed by atoms with Crippen molar-refractivity contribution in [3.8, 4) is 16.4 Å². The quantitative estimate of drug-likeness (QED) is 0.213. The zero-order valence-corrected chi connectivity index (χ0v) is 22.6. The lowest BCUT2D eigenvalue weighted by molar-refractivity contribution is 0.601. The van der Waals surface area contributed by atoms with Gasteiger partial charge < -0.3 is 5.32 Å². The van der Waals surface area contributed by atoms with Crippen molar-refractivity contribution in [2.45, 2.75) is 4.90 Å². The monoisotopic (exact) mass is 572 g/mol. The smallest absolute Gasteiger partial charge is 0.283 e. The first-order valence-corrected chi connectivity index (χ1v) is 14.8. The van der Waals surface area contributed by atoms with Crippen molar-refractivity contribution in [1.29, 1.82) is 0 Å². The molecule has 3 heterocycles. The molecule has 0 aliphatic heterocycles. The summed E-state index contributed by atoms with van der Waals surface area (Å²) in [4.78, 5) is 22.4. The van der Waals surface area contributed by atoms with Crippen LogP contribution in [0.5, 0.6) is 0 Å². The van der Waals surface area contributed by atoms with E-state index in [0.717, 1.165) is 15.8 Å². The number of H-pyrrole nitrogens is 1. The van der Waals surface area contributed by atoms with Crippen molar-refractivity contribution in [1.82, 2.24) is 19.7 Å². The second-order valence-electron chi connectivity index (χ2n) is 8.40. The lowest BCUT2D eigenvalue weighted by Gasteiger charge is -2.11. The largest absolute Gasteiger partial charge is 0.355 e. The average Bonchev–Trinajstić information content (AvgIpc) is 3.68. The van der Waals surface area contributed by atoms with E-state index < -0.39 is 10.0 Å². The number of fused-ring (bicyclic) bond motifs is 1. The van der Waals surface area contributed by atoms with Crippen molar-refractivity contribution in [2.24, 2.45) is 0 Å². The Hall–Kier alpha value is -4.52. The highest BCUT2D eigenvalue weighted by molar-refractivity contribution is 7.93. The van der Waals surface area contributed by atoms with Crippen LogP contribution in [0.15, 0.2) is 107 Å². The molecule has 12 heteroatoms. The number of sulfonamides is 1. The maximum Gasteiger partial charge on any atom is 0.283 e. The summed E-state index contributed by atoms with van der Waals surface area (Å²) >= 11 is 2.60. The Kier molecular flexibility index (Phi) is 6.35. The Labute approximate surface area is 231 Å². The van der Waals surface area contributed by atoms with E-state index in [2.05, 4.69) is 31.7 Å². The van der Waals surface area contributed by atoms with Crippen LogP contribution in [-0.4, -0.2) is 28.2 Å². The molecular formula is C27H20N6O3S3. The van der Waals surface area contributed by atoms with Crippen molar-refractivity contribution < 1.29 is 8.42 Å². The maximum atomic E-state index is 13.7. The third-order valence-corrected chi connectivity index (χ3v) is 9.04. The minimum atomic E-state index is -3.79. The average molecular weight is 573 g/mol. The van der Waals surface area contributed by atoms with Crippen LogP contribution < -0.4 is 15.6 Å². The predicted molar refractivity (Wildman–Crippen MR) is 157 cm³/mol. The first-order valence-electron chi connectivity index (χ1n) is 11.6. The van der Waals surface area contributed by atoms with Gasteiger partial charge in [-0.15, -0.1) is 11.3 Å². The van der Waals surface area contributed by atoms with Crippen molar-refractivity contribution in [2.75, 3.05) is 10.0 Å². The highest BCUT2D eigenvalue weighted by Gasteiger charge is 2.22. The molecule has 0 fully saturated rings. The van der Waals surface area contributed by atoms with Crippen molar-refractivity contribution >= 4 is 59.4 Å². The third-order valence-electron chi connectivity index (χ3n) is 5.84. The van der Waals surface area contributed by atoms with Crippen LogP contribution in [0.25, 0.3) is 32.3 Å². The Morgan fingerprint density at radius 1 is 0.974 bits per heavy atom. The number of nitrogens with one attached hydrogen (secondary N) is 3. The molecule has 9 nitrogen and oxygen atoms in total. The van der Waals surface area contributed by atoms with Gasteiger partial charge in [0.2, 0.25) is 5.13 Å². The fourth-order valence-electron chi connectivity index (χ4n) is 4.02. The van der Waals surface area contributed by atoms with Crippen LogP contribution in [0.2, 0.25) is 0 Å². The summed E-state index contributed by atoms with van der Waals surface area (Å²) in [5, 5.41) is 8.86. The second-order valence-corrected chi connectivity index (χ2v) is 12.0. The van der Waals surface area contributed by atoms with Gasteiger partial charge in [0.1, 0.15) is 0 Å². The standard InChI is InChI=1S/C27H20N6O3S3/c1-17(29-19-11-13-20(14-12-19)39(35,36)32-26-28-15-16-37-26)23-24(18-7-3-2-4-8-18)31-33(25(23)34)27-30-21-9-5-6-10-22(21)38-27/h2-16,29,31H,1H2,(H,28,32). The highest BCUT2D eigenvalue weighted by atomic mass is 32.2. The summed E-state index contributed by atoms with van der Waals surface area (Å²) in [5.74, 6) is 0. The molecule has 3 aromatic heterocycles. The van der Waals surface area contributed by atoms with E-state index in [1.165, 1.54) is 45.7 Å². The van der Waals surface area contributed by atoms with Gasteiger partial charge in [-0.1, -0.05) is 60.4 Å². The number of rotatable bonds is 8. The fourth-order valence-corrected chi connectivity index (χ4v) is 6.74. The van der Waals surface area contributed by atoms with Gasteiger partial charge in [-0.2, -0.15) is 4.68 Å². The van der Waals surface area contributed by atoms with Gasteiger partial charge in [0.05, 0.1) is 26.4 Å². The minimum Gasteiger partial charge on any atom is -0.355 e. The molecule has 3 N–H and O–H groups in total. The molecule has 194 valence electrons. The lowest BCUT2D eigenvalue weighted by Crippen LogP contribution is -2.18. The number of anilines is 2. The molecule has 6 aromatic rings. The Bertz CT molecular complexity index is 1920. The normalized spacial score (nSPS) is 11.5. The van der Waals surface area contributed by atoms with E-state index in [0.29, 0.717) is 27.8 Å². The van der Waals surface area contributed by atoms with Crippen LogP contribution in [0.1, 0.15) is 5.56 Å². The third kappa shape index (κ3) is 4.88. The maximum absolute atomic E-state index is 13.7. The first kappa shape index (κ1) is 24.8. The number of thiazole rings is 2. The van der Waals surface area contributed by atoms with Gasteiger partial charge in [0, 0.05) is 28.5 Å². The Morgan fingerprint density at radius 2 is 1.72 bits per heavy atom. The summed E-state index contributed by atoms with van der Waals surface area (Å²) in [6.45, 7) is 4.14. The molecule has 0 bridgehead atoms. The number of hydrogen-bond donors (Lipinski definition) is 3. The van der Waals surface area contributed by atoms with Gasteiger partial charge in [-0.05, 0) is 36.4 Å². The molecule has 0 unspecified atom stereocenters. The van der Waals surface area contributed by atoms with Gasteiger partial charge >= 0.3 is 0 Å². The van der Waals surface area contributed by atoms with E-state index in [1.54, 1.807) is 17.5 Å². The van der Waals surface area contributed by atoms with E-state index in [1.807, 2.05) is 54.6 Å². The zero-order chi connectivity index (χ0) is 27.0. The number of aromatic nitrogens is 4. The van der Waals surface area contributed by atoms with Crippen LogP contribution >= 0.6 is 22.7 Å². The number of hydrogen-bond acceptors (Lipinski definition) is 8. The van der Waals surface area contributed by atoms with E-state index >= 15 is 0 Å². The summed E-state index contributed by atoms with van der Waals surface area (Å²) in [7, 11) is -3.79. The predicted octanol–water partition coefficient (Wildman–Crippen LogP) is 5.78. The Balaban J connectivity index is 1.33. The van der Waals surface area contributed by atoms with Crippen molar-refractivity contribution in [3.05, 3.63) is 113 Å². The van der Waals surface area contributed by atoms with Crippen LogP contribution in [-0.2, 0) is 10.0 Å². The summed E-state index contributed by atoms with van der Waals surface area (Å²) < 4.78 is 30.2. The van der Waals surface area contributed by atoms with Crippen LogP contribution in [0, 0.1) is 0 Å². The Morgan fingerprint density at radius 3 is 2.44 bits per heavy atom. The molecule has 0 spiro atoms. The van der Waals surface area contributed by atoms with Crippen LogP contribution in [0.3, 0.4) is 0 Å². The zero-order valence-electron chi connectivity index (χ0n) is 20.2. The minimum absolute atomic E-state index is 0.0821. The molecule has 0 aliphatic rings. The van der Waals surface area contributed by atoms with E-state index in [9.17, 15) is 13.2 Å². The SMILES string of the molecule is C=C(Nc1ccc(S(=O)(=O)Nc2nccs2)cc1)c1c(-c2ccccc2)[nH]n(-c2nc3ccccc3s2)c1=O. The number of aromatic amines is 1. The highest BCUT2D eigenvalue weighted by Crippen LogP contribution is 2.29. The number of para-hydroxylation sites is 1. The molecule has 0 atom stereocenters. The molecular weight excluding hydrogens is 553 g/mol. The van der Waals surface area contributed by atoms with E-state index in [4.69, 9.17) is 0 Å². The van der Waals surface area contributed by atoms with Gasteiger partial charge in [0.15, 0.2) is 5.13 Å². The summed E-state index contributed by atoms with van der Waals surface area (Å²) in [5.41, 5.74) is 3.16. The van der Waals surface area contributed by atoms with E-state index in [-0.39, 0.29) is 15.6 Å². The molecule has 39 heavy (non-hydrogen) atoms. The lowest BCUT2D eigenvalue weighted by atomic mass is 10.1. The topological polar surface area (TPSA) is 122 Å². The molecule has 0 saturated heterocycles. The van der Waals surface area contributed by atoms with Crippen molar-refractivity contribution in [3.63, 3.8) is 0 Å². The van der Waals surface area contributed by atoms with Gasteiger partial charge in [-0.3, -0.25) is 14.6 Å². The molecule has 6 rings (SSSR count). The van der Waals surface area contributed by atoms with Gasteiger partial charge in [0.25, 0.3) is 15.6 Å². The first-order chi connectivity index (χ1) is 18.9. The summed E-state index contributed by atoms with van der Waals surface area (Å²) in [6.07, 6.45) is 1.52. The fraction of sp³-hybridized carbons (Fsp3) is 0. The molecule has 0 saturated carbocycles. The van der Waals surface area contributed by atoms with Crippen LogP contribution in [0.4, 0.5) is 10.8 Å². The molecule has 0 amide bonds. The molecule has 3 aromatic carbocycles.